The summed E-state index contributed by atoms with van der Waals surface area (Å²) in [7, 11) is 1.27. The molecule has 5 heteroatoms. The molecule has 68 valence electrons. The molecular formula is C8H9N3O2. The molecule has 1 aromatic heterocycles. The van der Waals surface area contributed by atoms with Crippen LogP contribution in [0.2, 0.25) is 0 Å². The molecule has 5 nitrogen and oxygen atoms in total. The van der Waals surface area contributed by atoms with E-state index in [4.69, 9.17) is 5.73 Å². The number of nitrogens with zero attached hydrogens (tertiary/aromatic N) is 2. The summed E-state index contributed by atoms with van der Waals surface area (Å²) in [5, 5.41) is 0. The minimum Gasteiger partial charge on any atom is -0.465 e. The molecule has 1 aromatic rings. The Balaban J connectivity index is 3.00. The molecule has 0 spiro atoms. The van der Waals surface area contributed by atoms with Crippen molar-refractivity contribution in [3.63, 3.8) is 0 Å². The zero-order chi connectivity index (χ0) is 9.68. The van der Waals surface area contributed by atoms with Crippen molar-refractivity contribution in [2.24, 2.45) is 5.73 Å². The van der Waals surface area contributed by atoms with Crippen molar-refractivity contribution >= 4 is 11.5 Å². The van der Waals surface area contributed by atoms with Crippen molar-refractivity contribution in [1.29, 1.82) is 0 Å². The predicted molar refractivity (Wildman–Crippen MR) is 46.2 cm³/mol. The molecule has 0 radical (unpaired) electrons. The first kappa shape index (κ1) is 9.18. The van der Waals surface area contributed by atoms with E-state index in [-0.39, 0.29) is 11.4 Å². The summed E-state index contributed by atoms with van der Waals surface area (Å²) in [6.07, 6.45) is 4.17. The van der Waals surface area contributed by atoms with Gasteiger partial charge in [0.05, 0.1) is 7.11 Å². The molecule has 0 aliphatic heterocycles. The summed E-state index contributed by atoms with van der Waals surface area (Å²) < 4.78 is 4.49. The second-order valence-corrected chi connectivity index (χ2v) is 2.14. The Kier molecular flexibility index (Phi) is 2.97. The minimum atomic E-state index is -0.547. The Bertz CT molecular complexity index is 321. The third kappa shape index (κ3) is 2.02. The molecule has 0 atom stereocenters. The second-order valence-electron chi connectivity index (χ2n) is 2.14. The highest BCUT2D eigenvalue weighted by Gasteiger charge is 2.13. The van der Waals surface area contributed by atoms with Crippen LogP contribution in [0.1, 0.15) is 5.82 Å². The Hall–Kier alpha value is -1.91. The van der Waals surface area contributed by atoms with Gasteiger partial charge in [-0.2, -0.15) is 0 Å². The molecule has 13 heavy (non-hydrogen) atoms. The van der Waals surface area contributed by atoms with Crippen molar-refractivity contribution in [3.05, 3.63) is 30.5 Å². The van der Waals surface area contributed by atoms with Gasteiger partial charge in [0.2, 0.25) is 0 Å². The number of carbonyl (C=O) groups excluding carboxylic acids is 1. The van der Waals surface area contributed by atoms with Crippen LogP contribution < -0.4 is 5.73 Å². The molecule has 2 N–H and O–H groups in total. The van der Waals surface area contributed by atoms with E-state index in [9.17, 15) is 4.79 Å². The molecule has 0 saturated heterocycles. The van der Waals surface area contributed by atoms with Gasteiger partial charge in [-0.25, -0.2) is 14.8 Å². The van der Waals surface area contributed by atoms with E-state index in [0.29, 0.717) is 0 Å². The maximum absolute atomic E-state index is 11.1. The Labute approximate surface area is 75.3 Å². The maximum Gasteiger partial charge on any atom is 0.343 e. The first-order chi connectivity index (χ1) is 6.29. The Morgan fingerprint density at radius 2 is 2.15 bits per heavy atom. The van der Waals surface area contributed by atoms with Crippen LogP contribution in [0.25, 0.3) is 5.57 Å². The van der Waals surface area contributed by atoms with Crippen molar-refractivity contribution in [2.75, 3.05) is 7.11 Å². The fourth-order valence-electron chi connectivity index (χ4n) is 0.782. The van der Waals surface area contributed by atoms with Crippen LogP contribution in [0.3, 0.4) is 0 Å². The number of nitrogens with two attached hydrogens (primary N) is 1. The number of ether oxygens (including phenoxy) is 1. The van der Waals surface area contributed by atoms with E-state index in [1.165, 1.54) is 19.5 Å². The van der Waals surface area contributed by atoms with Gasteiger partial charge >= 0.3 is 5.97 Å². The highest BCUT2D eigenvalue weighted by Crippen LogP contribution is 2.07. The lowest BCUT2D eigenvalue weighted by molar-refractivity contribution is -0.133. The van der Waals surface area contributed by atoms with Crippen LogP contribution in [0.15, 0.2) is 24.7 Å². The fraction of sp³-hybridized carbons (Fsp3) is 0.125. The quantitative estimate of drug-likeness (QED) is 0.508. The van der Waals surface area contributed by atoms with Gasteiger partial charge in [0, 0.05) is 18.6 Å². The fourth-order valence-corrected chi connectivity index (χ4v) is 0.782. The monoisotopic (exact) mass is 179 g/mol. The van der Waals surface area contributed by atoms with Crippen LogP contribution in [-0.2, 0) is 9.53 Å². The number of aromatic nitrogens is 2. The van der Waals surface area contributed by atoms with Gasteiger partial charge in [-0.15, -0.1) is 0 Å². The van der Waals surface area contributed by atoms with E-state index in [1.807, 2.05) is 0 Å². The molecule has 0 amide bonds. The van der Waals surface area contributed by atoms with Gasteiger partial charge < -0.3 is 10.5 Å². The van der Waals surface area contributed by atoms with Crippen LogP contribution in [0, 0.1) is 0 Å². The van der Waals surface area contributed by atoms with Gasteiger partial charge in [0.1, 0.15) is 5.57 Å². The zero-order valence-electron chi connectivity index (χ0n) is 7.10. The van der Waals surface area contributed by atoms with Crippen LogP contribution in [-0.4, -0.2) is 23.0 Å². The van der Waals surface area contributed by atoms with Crippen molar-refractivity contribution < 1.29 is 9.53 Å². The average Bonchev–Trinajstić information content (AvgIpc) is 2.20. The molecule has 1 rings (SSSR count). The first-order valence-corrected chi connectivity index (χ1v) is 3.57. The van der Waals surface area contributed by atoms with Gasteiger partial charge in [-0.3, -0.25) is 0 Å². The smallest absolute Gasteiger partial charge is 0.343 e. The Morgan fingerprint density at radius 3 is 2.62 bits per heavy atom. The van der Waals surface area contributed by atoms with Crippen molar-refractivity contribution in [3.8, 4) is 0 Å². The topological polar surface area (TPSA) is 78.1 Å². The molecule has 0 fully saturated rings. The zero-order valence-corrected chi connectivity index (χ0v) is 7.10. The second kappa shape index (κ2) is 4.20. The lowest BCUT2D eigenvalue weighted by Crippen LogP contribution is -2.08. The lowest BCUT2D eigenvalue weighted by Gasteiger charge is -2.01. The minimum absolute atomic E-state index is 0.156. The van der Waals surface area contributed by atoms with E-state index in [0.717, 1.165) is 6.20 Å². The van der Waals surface area contributed by atoms with Gasteiger partial charge in [-0.1, -0.05) is 0 Å². The molecule has 0 bridgehead atoms. The van der Waals surface area contributed by atoms with E-state index in [2.05, 4.69) is 14.7 Å². The van der Waals surface area contributed by atoms with Crippen LogP contribution in [0.5, 0.6) is 0 Å². The highest BCUT2D eigenvalue weighted by atomic mass is 16.5. The number of rotatable bonds is 2. The number of hydrogen-bond donors (Lipinski definition) is 1. The number of methoxy groups -OCH3 is 1. The summed E-state index contributed by atoms with van der Waals surface area (Å²) in [4.78, 5) is 18.8. The molecule has 0 aliphatic rings. The highest BCUT2D eigenvalue weighted by molar-refractivity contribution is 6.14. The largest absolute Gasteiger partial charge is 0.465 e. The predicted octanol–water partition coefficient (Wildman–Crippen LogP) is -0.0508. The third-order valence-electron chi connectivity index (χ3n) is 1.38. The molecule has 0 saturated carbocycles. The molecule has 0 unspecified atom stereocenters. The van der Waals surface area contributed by atoms with Gasteiger partial charge in [-0.05, 0) is 6.07 Å². The summed E-state index contributed by atoms with van der Waals surface area (Å²) >= 11 is 0. The van der Waals surface area contributed by atoms with E-state index >= 15 is 0 Å². The lowest BCUT2D eigenvalue weighted by atomic mass is 10.3. The SMILES string of the molecule is COC(=O)C(=CN)c1ncccn1. The van der Waals surface area contributed by atoms with Crippen LogP contribution >= 0.6 is 0 Å². The molecule has 1 heterocycles. The van der Waals surface area contributed by atoms with Crippen molar-refractivity contribution in [1.82, 2.24) is 9.97 Å². The number of carbonyl (C=O) groups is 1. The summed E-state index contributed by atoms with van der Waals surface area (Å²) in [6.45, 7) is 0. The first-order valence-electron chi connectivity index (χ1n) is 3.57. The summed E-state index contributed by atoms with van der Waals surface area (Å²) in [6, 6.07) is 1.65. The number of esters is 1. The van der Waals surface area contributed by atoms with Gasteiger partial charge in [0.25, 0.3) is 0 Å². The van der Waals surface area contributed by atoms with E-state index < -0.39 is 5.97 Å². The molecule has 0 aromatic carbocycles. The number of hydrogen-bond acceptors (Lipinski definition) is 5. The summed E-state index contributed by atoms with van der Waals surface area (Å²) in [5.41, 5.74) is 5.39. The van der Waals surface area contributed by atoms with E-state index in [1.54, 1.807) is 6.07 Å². The van der Waals surface area contributed by atoms with Crippen molar-refractivity contribution in [2.45, 2.75) is 0 Å². The Morgan fingerprint density at radius 1 is 1.54 bits per heavy atom. The average molecular weight is 179 g/mol. The summed E-state index contributed by atoms with van der Waals surface area (Å²) in [5.74, 6) is -0.287. The van der Waals surface area contributed by atoms with Gasteiger partial charge in [0.15, 0.2) is 5.82 Å². The maximum atomic E-state index is 11.1. The molecular weight excluding hydrogens is 170 g/mol. The molecule has 0 aliphatic carbocycles. The normalized spacial score (nSPS) is 11.0. The third-order valence-corrected chi connectivity index (χ3v) is 1.38. The standard InChI is InChI=1S/C8H9N3O2/c1-13-8(12)6(5-9)7-10-3-2-4-11-7/h2-5H,9H2,1H3. The van der Waals surface area contributed by atoms with Crippen LogP contribution in [0.4, 0.5) is 0 Å².